The summed E-state index contributed by atoms with van der Waals surface area (Å²) in [5.41, 5.74) is 1.80. The average molecular weight is 448 g/mol. The van der Waals surface area contributed by atoms with Crippen LogP contribution in [-0.2, 0) is 9.47 Å². The molecule has 0 spiro atoms. The first-order valence-electron chi connectivity index (χ1n) is 13.9. The Morgan fingerprint density at radius 1 is 1.06 bits per heavy atom. The van der Waals surface area contributed by atoms with Crippen molar-refractivity contribution >= 4 is 0 Å². The van der Waals surface area contributed by atoms with Gasteiger partial charge >= 0.3 is 0 Å². The van der Waals surface area contributed by atoms with Crippen LogP contribution in [0.4, 0.5) is 0 Å². The smallest absolute Gasteiger partial charge is 0.0759 e. The van der Waals surface area contributed by atoms with Crippen LogP contribution in [0.15, 0.2) is 11.6 Å². The molecule has 1 heterocycles. The maximum absolute atomic E-state index is 10.7. The lowest BCUT2D eigenvalue weighted by Gasteiger charge is -2.48. The fraction of sp³-hybridized carbons (Fsp3) is 0.929. The van der Waals surface area contributed by atoms with E-state index in [4.69, 9.17) is 9.47 Å². The zero-order chi connectivity index (χ0) is 22.4. The van der Waals surface area contributed by atoms with Gasteiger partial charge in [0.2, 0.25) is 0 Å². The number of hydrogen-bond donors (Lipinski definition) is 1. The Bertz CT molecular complexity index is 601. The molecule has 1 N–H and O–H groups in total. The molecule has 0 aromatic carbocycles. The van der Waals surface area contributed by atoms with Crippen molar-refractivity contribution < 1.29 is 14.6 Å². The molecular weight excluding hydrogens is 398 g/mol. The number of aliphatic hydroxyl groups is 1. The van der Waals surface area contributed by atoms with Gasteiger partial charge in [-0.1, -0.05) is 31.9 Å². The normalized spacial score (nSPS) is 38.1. The van der Waals surface area contributed by atoms with Gasteiger partial charge < -0.3 is 19.5 Å². The van der Waals surface area contributed by atoms with Crippen LogP contribution in [0.1, 0.15) is 90.9 Å². The third kappa shape index (κ3) is 5.98. The Balaban J connectivity index is 1.19. The molecule has 32 heavy (non-hydrogen) atoms. The fourth-order valence-electron chi connectivity index (χ4n) is 7.49. The predicted octanol–water partition coefficient (Wildman–Crippen LogP) is 5.59. The van der Waals surface area contributed by atoms with Gasteiger partial charge in [0.15, 0.2) is 0 Å². The second kappa shape index (κ2) is 11.8. The first-order valence-corrected chi connectivity index (χ1v) is 13.9. The lowest BCUT2D eigenvalue weighted by atomic mass is 9.58. The number of rotatable bonds is 11. The third-order valence-electron chi connectivity index (χ3n) is 9.58. The SMILES string of the molecule is CCC1CCC2(C)C(O)CCC2C1CCC1=CC(OCCOCCN2CCCC2)CCC1. The summed E-state index contributed by atoms with van der Waals surface area (Å²) in [6, 6.07) is 0. The summed E-state index contributed by atoms with van der Waals surface area (Å²) < 4.78 is 12.0. The highest BCUT2D eigenvalue weighted by atomic mass is 16.5. The standard InChI is InChI=1S/C28H49NO3/c1-3-23-13-14-28(2)26(11-12-27(28)30)25(23)10-9-22-7-6-8-24(21-22)32-20-19-31-18-17-29-15-4-5-16-29/h21,23-27,30H,3-20H2,1-2H3. The van der Waals surface area contributed by atoms with Gasteiger partial charge in [0.25, 0.3) is 0 Å². The molecule has 4 nitrogen and oxygen atoms in total. The maximum atomic E-state index is 10.7. The van der Waals surface area contributed by atoms with E-state index >= 15 is 0 Å². The molecule has 184 valence electrons. The van der Waals surface area contributed by atoms with Gasteiger partial charge in [-0.2, -0.15) is 0 Å². The lowest BCUT2D eigenvalue weighted by Crippen LogP contribution is -2.43. The van der Waals surface area contributed by atoms with Crippen molar-refractivity contribution in [3.05, 3.63) is 11.6 Å². The number of hydrogen-bond acceptors (Lipinski definition) is 4. The van der Waals surface area contributed by atoms with Crippen LogP contribution in [0.5, 0.6) is 0 Å². The van der Waals surface area contributed by atoms with E-state index in [1.54, 1.807) is 5.57 Å². The van der Waals surface area contributed by atoms with Crippen LogP contribution < -0.4 is 0 Å². The monoisotopic (exact) mass is 447 g/mol. The Labute approximate surface area is 197 Å². The van der Waals surface area contributed by atoms with Crippen molar-refractivity contribution in [1.29, 1.82) is 0 Å². The van der Waals surface area contributed by atoms with Crippen molar-refractivity contribution in [3.63, 3.8) is 0 Å². The predicted molar refractivity (Wildman–Crippen MR) is 131 cm³/mol. The maximum Gasteiger partial charge on any atom is 0.0759 e. The molecule has 0 radical (unpaired) electrons. The van der Waals surface area contributed by atoms with Gasteiger partial charge in [-0.25, -0.2) is 0 Å². The number of nitrogens with zero attached hydrogens (tertiary/aromatic N) is 1. The zero-order valence-electron chi connectivity index (χ0n) is 20.9. The minimum absolute atomic E-state index is 0.0722. The van der Waals surface area contributed by atoms with Crippen molar-refractivity contribution in [2.24, 2.45) is 23.2 Å². The van der Waals surface area contributed by atoms with Crippen molar-refractivity contribution in [3.8, 4) is 0 Å². The third-order valence-corrected chi connectivity index (χ3v) is 9.58. The number of allylic oxidation sites excluding steroid dienone is 1. The van der Waals surface area contributed by atoms with Gasteiger partial charge in [-0.3, -0.25) is 0 Å². The van der Waals surface area contributed by atoms with Gasteiger partial charge in [-0.15, -0.1) is 0 Å². The second-order valence-corrected chi connectivity index (χ2v) is 11.4. The molecule has 2 saturated carbocycles. The molecule has 6 atom stereocenters. The topological polar surface area (TPSA) is 41.9 Å². The molecule has 1 aliphatic heterocycles. The van der Waals surface area contributed by atoms with E-state index in [1.165, 1.54) is 77.3 Å². The molecule has 3 aliphatic carbocycles. The van der Waals surface area contributed by atoms with Crippen LogP contribution in [0.2, 0.25) is 0 Å². The molecule has 4 heteroatoms. The summed E-state index contributed by atoms with van der Waals surface area (Å²) in [7, 11) is 0. The minimum Gasteiger partial charge on any atom is -0.393 e. The Morgan fingerprint density at radius 2 is 1.91 bits per heavy atom. The molecule has 4 aliphatic rings. The van der Waals surface area contributed by atoms with E-state index in [1.807, 2.05) is 0 Å². The van der Waals surface area contributed by atoms with E-state index in [0.29, 0.717) is 6.61 Å². The molecule has 4 rings (SSSR count). The summed E-state index contributed by atoms with van der Waals surface area (Å²) >= 11 is 0. The summed E-state index contributed by atoms with van der Waals surface area (Å²) in [5, 5.41) is 10.7. The average Bonchev–Trinajstić information content (AvgIpc) is 3.43. The second-order valence-electron chi connectivity index (χ2n) is 11.4. The van der Waals surface area contributed by atoms with E-state index in [-0.39, 0.29) is 17.6 Å². The van der Waals surface area contributed by atoms with Crippen LogP contribution in [-0.4, -0.2) is 61.7 Å². The summed E-state index contributed by atoms with van der Waals surface area (Å²) in [4.78, 5) is 2.50. The van der Waals surface area contributed by atoms with Crippen LogP contribution in [0, 0.1) is 23.2 Å². The Kier molecular flexibility index (Phi) is 9.12. The molecule has 0 bridgehead atoms. The van der Waals surface area contributed by atoms with E-state index in [9.17, 15) is 5.11 Å². The molecule has 0 amide bonds. The highest BCUT2D eigenvalue weighted by Gasteiger charge is 2.52. The number of aliphatic hydroxyl groups excluding tert-OH is 1. The van der Waals surface area contributed by atoms with Crippen molar-refractivity contribution in [1.82, 2.24) is 4.90 Å². The summed E-state index contributed by atoms with van der Waals surface area (Å²) in [6.45, 7) is 10.6. The molecule has 6 unspecified atom stereocenters. The first-order chi connectivity index (χ1) is 15.6. The quantitative estimate of drug-likeness (QED) is 0.331. The van der Waals surface area contributed by atoms with Crippen molar-refractivity contribution in [2.75, 3.05) is 39.5 Å². The number of ether oxygens (including phenoxy) is 2. The highest BCUT2D eigenvalue weighted by molar-refractivity contribution is 5.10. The molecule has 0 aromatic heterocycles. The van der Waals surface area contributed by atoms with Gasteiger partial charge in [0, 0.05) is 6.54 Å². The zero-order valence-corrected chi connectivity index (χ0v) is 20.9. The molecule has 3 fully saturated rings. The lowest BCUT2D eigenvalue weighted by molar-refractivity contribution is -0.0359. The number of fused-ring (bicyclic) bond motifs is 1. The van der Waals surface area contributed by atoms with Crippen LogP contribution in [0.25, 0.3) is 0 Å². The Hall–Kier alpha value is -0.420. The van der Waals surface area contributed by atoms with Gasteiger partial charge in [0.1, 0.15) is 0 Å². The van der Waals surface area contributed by atoms with E-state index in [0.717, 1.165) is 50.4 Å². The molecular formula is C28H49NO3. The van der Waals surface area contributed by atoms with E-state index in [2.05, 4.69) is 24.8 Å². The highest BCUT2D eigenvalue weighted by Crippen LogP contribution is 2.57. The summed E-state index contributed by atoms with van der Waals surface area (Å²) in [5.74, 6) is 2.37. The van der Waals surface area contributed by atoms with Crippen LogP contribution >= 0.6 is 0 Å². The summed E-state index contributed by atoms with van der Waals surface area (Å²) in [6.07, 6.45) is 17.7. The molecule has 0 aromatic rings. The van der Waals surface area contributed by atoms with Gasteiger partial charge in [0.05, 0.1) is 32.0 Å². The number of likely N-dealkylation sites (tertiary alicyclic amines) is 1. The van der Waals surface area contributed by atoms with E-state index < -0.39 is 0 Å². The molecule has 1 saturated heterocycles. The minimum atomic E-state index is -0.0722. The van der Waals surface area contributed by atoms with Crippen molar-refractivity contribution in [2.45, 2.75) is 103 Å². The van der Waals surface area contributed by atoms with Crippen LogP contribution in [0.3, 0.4) is 0 Å². The fourth-order valence-corrected chi connectivity index (χ4v) is 7.49. The largest absolute Gasteiger partial charge is 0.393 e. The van der Waals surface area contributed by atoms with Gasteiger partial charge in [-0.05, 0) is 107 Å². The first kappa shape index (κ1) is 24.7. The Morgan fingerprint density at radius 3 is 2.72 bits per heavy atom.